The van der Waals surface area contributed by atoms with Crippen LogP contribution in [0.4, 0.5) is 5.82 Å². The topological polar surface area (TPSA) is 402 Å². The molecule has 0 aliphatic carbocycles. The molecule has 4 unspecified atom stereocenters. The molecule has 2 aromatic rings. The third-order valence-electron chi connectivity index (χ3n) is 6.22. The molecule has 6 N–H and O–H groups in total. The van der Waals surface area contributed by atoms with Gasteiger partial charge in [-0.3, -0.25) is 37.2 Å². The van der Waals surface area contributed by atoms with Gasteiger partial charge in [0.15, 0.2) is 6.23 Å². The molecule has 2 aliphatic heterocycles. The molecule has 4 heterocycles. The molecule has 2 aromatic heterocycles. The fourth-order valence-electron chi connectivity index (χ4n) is 4.18. The summed E-state index contributed by atoms with van der Waals surface area (Å²) in [5, 5.41) is 30.4. The second-order valence-corrected chi connectivity index (χ2v) is 15.7. The van der Waals surface area contributed by atoms with Crippen molar-refractivity contribution in [3.63, 3.8) is 0 Å². The third kappa shape index (κ3) is 15.1. The van der Waals surface area contributed by atoms with Gasteiger partial charge in [0.05, 0.1) is 19.3 Å². The molecule has 0 spiro atoms. The van der Waals surface area contributed by atoms with Crippen LogP contribution < -0.4 is 160 Å². The molecule has 11 atom stereocenters. The Labute approximate surface area is 378 Å². The maximum Gasteiger partial charge on any atom is 1.00 e. The van der Waals surface area contributed by atoms with E-state index >= 15 is 0 Å². The second kappa shape index (κ2) is 21.6. The Morgan fingerprint density at radius 3 is 1.81 bits per heavy atom. The zero-order valence-electron chi connectivity index (χ0n) is 27.4. The summed E-state index contributed by atoms with van der Waals surface area (Å²) in [7, 11) is -25.4. The number of H-pyrrole nitrogens is 1. The van der Waals surface area contributed by atoms with Crippen molar-refractivity contribution in [2.45, 2.75) is 49.4 Å². The van der Waals surface area contributed by atoms with Crippen molar-refractivity contribution in [3.05, 3.63) is 55.8 Å². The normalized spacial score (nSPS) is 28.6. The van der Waals surface area contributed by atoms with Crippen LogP contribution in [0, 0.1) is 0 Å². The number of nitrogens with zero attached hydrogens (tertiary/aromatic N) is 3. The van der Waals surface area contributed by atoms with Gasteiger partial charge in [-0.1, -0.05) is 0 Å². The second-order valence-electron chi connectivity index (χ2n) is 9.66. The molecule has 2 saturated heterocycles. The predicted molar refractivity (Wildman–Crippen MR) is 140 cm³/mol. The molecule has 26 nitrogen and oxygen atoms in total. The Balaban J connectivity index is 0.00000650. The van der Waals surface area contributed by atoms with E-state index in [1.807, 2.05) is 4.98 Å². The Kier molecular flexibility index (Phi) is 22.4. The quantitative estimate of drug-likeness (QED) is 0.0869. The van der Waals surface area contributed by atoms with E-state index in [1.54, 1.807) is 0 Å². The fraction of sp³-hybridized carbons (Fsp3) is 0.556. The molecule has 52 heavy (non-hydrogen) atoms. The number of nitrogens with one attached hydrogen (secondary N) is 1. The first kappa shape index (κ1) is 53.7. The van der Waals surface area contributed by atoms with Crippen LogP contribution in [0.25, 0.3) is 0 Å². The molecule has 0 aromatic carbocycles. The van der Waals surface area contributed by atoms with E-state index in [0.717, 1.165) is 16.8 Å². The number of rotatable bonds is 14. The number of anilines is 1. The van der Waals surface area contributed by atoms with Crippen molar-refractivity contribution in [1.29, 1.82) is 0 Å². The molecule has 4 rings (SSSR count). The van der Waals surface area contributed by atoms with Gasteiger partial charge in [-0.2, -0.15) is 4.98 Å². The molecule has 2 aliphatic rings. The number of nitrogens with two attached hydrogens (primary N) is 1. The van der Waals surface area contributed by atoms with Crippen LogP contribution in [0.1, 0.15) is 18.9 Å². The monoisotopic (exact) mass is 861 g/mol. The molecule has 0 radical (unpaired) electrons. The van der Waals surface area contributed by atoms with Crippen LogP contribution in [-0.4, -0.2) is 78.2 Å². The number of aliphatic hydroxyl groups is 3. The molecule has 0 amide bonds. The number of aromatic amines is 1. The van der Waals surface area contributed by atoms with E-state index in [-0.39, 0.29) is 130 Å². The van der Waals surface area contributed by atoms with Crippen molar-refractivity contribution < 1.29 is 203 Å². The zero-order valence-corrected chi connectivity index (χ0v) is 38.9. The minimum absolute atomic E-state index is 0. The Morgan fingerprint density at radius 1 is 0.788 bits per heavy atom. The van der Waals surface area contributed by atoms with E-state index in [4.69, 9.17) is 15.2 Å². The van der Waals surface area contributed by atoms with Crippen molar-refractivity contribution in [2.24, 2.45) is 0 Å². The SMILES string of the molecule is Nc1ccn([C@H]2C[C@H](O)[C@@H](COP(=O)([O-])OP(=O)([O-])OP(=O)([O-])OP(=O)([O-])OC[C@H]3O[C@@H](n4ccc(=O)[nH]c4=O)[C@H](O)[C@@H]3O)O2)c(=O)n1.[Na+].[Na+].[Na+].[Na+]. The smallest absolute Gasteiger partial charge is 0.756 e. The van der Waals surface area contributed by atoms with Crippen molar-refractivity contribution in [1.82, 2.24) is 19.1 Å². The van der Waals surface area contributed by atoms with Gasteiger partial charge >= 0.3 is 130 Å². The molecule has 34 heteroatoms. The minimum Gasteiger partial charge on any atom is -0.756 e. The van der Waals surface area contributed by atoms with Crippen molar-refractivity contribution in [3.8, 4) is 0 Å². The van der Waals surface area contributed by atoms with Crippen molar-refractivity contribution >= 4 is 37.1 Å². The average Bonchev–Trinajstić information content (AvgIpc) is 3.42. The van der Waals surface area contributed by atoms with Gasteiger partial charge in [-0.15, -0.1) is 0 Å². The molecule has 0 bridgehead atoms. The third-order valence-corrected chi connectivity index (χ3v) is 12.0. The van der Waals surface area contributed by atoms with Gasteiger partial charge in [0, 0.05) is 24.9 Å². The number of aliphatic hydroxyl groups excluding tert-OH is 3. The summed E-state index contributed by atoms with van der Waals surface area (Å²) < 4.78 is 79.0. The number of aromatic nitrogens is 4. The van der Waals surface area contributed by atoms with Crippen LogP contribution in [0.3, 0.4) is 0 Å². The van der Waals surface area contributed by atoms with E-state index in [9.17, 15) is 67.5 Å². The first-order valence-electron chi connectivity index (χ1n) is 12.8. The summed E-state index contributed by atoms with van der Waals surface area (Å²) >= 11 is 0. The Hall–Kier alpha value is 1.72. The summed E-state index contributed by atoms with van der Waals surface area (Å²) in [5.74, 6) is -0.125. The Morgan fingerprint density at radius 2 is 1.29 bits per heavy atom. The maximum absolute atomic E-state index is 12.0. The maximum atomic E-state index is 12.0. The summed E-state index contributed by atoms with van der Waals surface area (Å²) in [4.78, 5) is 88.4. The minimum atomic E-state index is -6.59. The number of phosphoric acid groups is 4. The average molecular weight is 861 g/mol. The molecular formula is C18H23N5Na4O21P4. The van der Waals surface area contributed by atoms with Gasteiger partial charge in [0.25, 0.3) is 36.9 Å². The number of hydrogen-bond acceptors (Lipinski definition) is 23. The number of phosphoric ester groups is 2. The first-order valence-corrected chi connectivity index (χ1v) is 18.6. The standard InChI is InChI=1S/C18H27N5O21P4.4Na/c19-11-1-3-22(17(28)20-11)13-5-8(24)9(40-13)6-38-45(30,31)42-47(34,35)44-48(36,37)43-46(32,33)39-7-10-14(26)15(27)16(41-10)23-4-2-12(25)21-18(23)29;;;;/h1-4,8-10,13-16,24,26-27H,5-7H2,(H,30,31)(H,32,33)(H,34,35)(H,36,37)(H2,19,20,28)(H,21,25,29);;;;/q;4*+1/p-4/t8-,9+,10+,13+,14+,15+,16+;;;;/m0..../s1. The molecule has 2 fully saturated rings. The van der Waals surface area contributed by atoms with E-state index in [2.05, 4.69) is 27.0 Å². The Bertz CT molecular complexity index is 1890. The van der Waals surface area contributed by atoms with Gasteiger partial charge in [-0.25, -0.2) is 22.5 Å². The largest absolute Gasteiger partial charge is 1.00 e. The van der Waals surface area contributed by atoms with E-state index in [1.165, 1.54) is 12.3 Å². The van der Waals surface area contributed by atoms with Gasteiger partial charge < -0.3 is 59.1 Å². The summed E-state index contributed by atoms with van der Waals surface area (Å²) in [5.41, 5.74) is 2.58. The summed E-state index contributed by atoms with van der Waals surface area (Å²) in [6.45, 7) is -2.44. The van der Waals surface area contributed by atoms with Crippen LogP contribution in [-0.2, 0) is 49.7 Å². The van der Waals surface area contributed by atoms with Gasteiger partial charge in [-0.05, 0) is 6.07 Å². The summed E-state index contributed by atoms with van der Waals surface area (Å²) in [6, 6.07) is 2.07. The molecular weight excluding hydrogens is 838 g/mol. The van der Waals surface area contributed by atoms with E-state index in [0.29, 0.717) is 4.57 Å². The number of ether oxygens (including phenoxy) is 2. The van der Waals surface area contributed by atoms with Crippen molar-refractivity contribution in [2.75, 3.05) is 18.9 Å². The zero-order chi connectivity index (χ0) is 35.8. The van der Waals surface area contributed by atoms with Crippen LogP contribution in [0.5, 0.6) is 0 Å². The predicted octanol–water partition coefficient (Wildman–Crippen LogP) is -17.4. The molecule has 0 saturated carbocycles. The van der Waals surface area contributed by atoms with Crippen LogP contribution in [0.2, 0.25) is 0 Å². The first-order chi connectivity index (χ1) is 22.1. The number of nitrogen functional groups attached to an aromatic ring is 1. The van der Waals surface area contributed by atoms with E-state index < -0.39 is 104 Å². The summed E-state index contributed by atoms with van der Waals surface area (Å²) in [6.07, 6.45) is -9.78. The van der Waals surface area contributed by atoms with Crippen LogP contribution >= 0.6 is 31.3 Å². The van der Waals surface area contributed by atoms with Gasteiger partial charge in [0.2, 0.25) is 0 Å². The van der Waals surface area contributed by atoms with Crippen LogP contribution in [0.15, 0.2) is 38.9 Å². The molecule has 270 valence electrons. The van der Waals surface area contributed by atoms with Gasteiger partial charge in [0.1, 0.15) is 36.5 Å². The fourth-order valence-corrected chi connectivity index (χ4v) is 8.93. The number of hydrogen-bond donors (Lipinski definition) is 5.